The van der Waals surface area contributed by atoms with Gasteiger partial charge in [-0.1, -0.05) is 48.0 Å². The average Bonchev–Trinajstić information content (AvgIpc) is 2.42. The summed E-state index contributed by atoms with van der Waals surface area (Å²) in [6.07, 6.45) is 0. The third-order valence-corrected chi connectivity index (χ3v) is 5.34. The monoisotopic (exact) mass is 276 g/mol. The molecule has 0 bridgehead atoms. The van der Waals surface area contributed by atoms with Gasteiger partial charge < -0.3 is 5.73 Å². The van der Waals surface area contributed by atoms with E-state index in [-0.39, 0.29) is 0 Å². The standard InChI is InChI=1S/C15H17NO2S/c1-12-7-9-13(10-8-12)15(11-16)19(17,18)14-5-3-2-4-6-14/h2-10,15H,11,16H2,1H3/p+1/t15-/m0/s1. The van der Waals surface area contributed by atoms with E-state index in [9.17, 15) is 8.42 Å². The molecule has 0 saturated heterocycles. The van der Waals surface area contributed by atoms with Crippen molar-refractivity contribution in [3.8, 4) is 0 Å². The van der Waals surface area contributed by atoms with Crippen molar-refractivity contribution in [3.05, 3.63) is 65.7 Å². The number of sulfone groups is 1. The van der Waals surface area contributed by atoms with Crippen molar-refractivity contribution in [1.29, 1.82) is 0 Å². The highest BCUT2D eigenvalue weighted by Gasteiger charge is 2.29. The molecule has 2 rings (SSSR count). The van der Waals surface area contributed by atoms with E-state index >= 15 is 0 Å². The van der Waals surface area contributed by atoms with Gasteiger partial charge in [0.2, 0.25) is 0 Å². The predicted molar refractivity (Wildman–Crippen MR) is 75.3 cm³/mol. The van der Waals surface area contributed by atoms with E-state index in [1.54, 1.807) is 24.3 Å². The molecular formula is C15H18NO2S+. The summed E-state index contributed by atoms with van der Waals surface area (Å²) in [5.74, 6) is 0. The van der Waals surface area contributed by atoms with Crippen LogP contribution in [0.15, 0.2) is 59.5 Å². The Hall–Kier alpha value is -1.65. The molecule has 2 aromatic rings. The van der Waals surface area contributed by atoms with Gasteiger partial charge in [-0.2, -0.15) is 0 Å². The molecular weight excluding hydrogens is 258 g/mol. The van der Waals surface area contributed by atoms with Gasteiger partial charge in [0.15, 0.2) is 9.84 Å². The van der Waals surface area contributed by atoms with Crippen LogP contribution in [0.4, 0.5) is 0 Å². The lowest BCUT2D eigenvalue weighted by molar-refractivity contribution is -0.367. The van der Waals surface area contributed by atoms with Crippen LogP contribution in [-0.4, -0.2) is 15.0 Å². The molecule has 0 aromatic heterocycles. The summed E-state index contributed by atoms with van der Waals surface area (Å²) in [5, 5.41) is -0.588. The molecule has 0 saturated carbocycles. The zero-order valence-corrected chi connectivity index (χ0v) is 11.7. The highest BCUT2D eigenvalue weighted by molar-refractivity contribution is 7.91. The van der Waals surface area contributed by atoms with Crippen molar-refractivity contribution in [1.82, 2.24) is 0 Å². The summed E-state index contributed by atoms with van der Waals surface area (Å²) in [6.45, 7) is 2.30. The topological polar surface area (TPSA) is 61.8 Å². The smallest absolute Gasteiger partial charge is 0.190 e. The van der Waals surface area contributed by atoms with Crippen LogP contribution in [0.1, 0.15) is 16.4 Å². The molecule has 100 valence electrons. The molecule has 1 atom stereocenters. The van der Waals surface area contributed by atoms with Crippen molar-refractivity contribution >= 4 is 9.84 Å². The SMILES string of the molecule is Cc1ccc([C@H](C[NH3+])S(=O)(=O)c2ccccc2)cc1. The second kappa shape index (κ2) is 5.55. The fourth-order valence-corrected chi connectivity index (χ4v) is 3.75. The van der Waals surface area contributed by atoms with E-state index in [2.05, 4.69) is 5.73 Å². The van der Waals surface area contributed by atoms with E-state index < -0.39 is 15.1 Å². The van der Waals surface area contributed by atoms with Crippen LogP contribution in [-0.2, 0) is 9.84 Å². The van der Waals surface area contributed by atoms with E-state index in [4.69, 9.17) is 0 Å². The number of aryl methyl sites for hydroxylation is 1. The zero-order chi connectivity index (χ0) is 13.9. The van der Waals surface area contributed by atoms with E-state index in [0.717, 1.165) is 11.1 Å². The number of quaternary nitrogens is 1. The Kier molecular flexibility index (Phi) is 4.02. The summed E-state index contributed by atoms with van der Waals surface area (Å²) in [7, 11) is -3.38. The van der Waals surface area contributed by atoms with Gasteiger partial charge in [0, 0.05) is 0 Å². The third kappa shape index (κ3) is 2.85. The summed E-state index contributed by atoms with van der Waals surface area (Å²) < 4.78 is 25.2. The Morgan fingerprint density at radius 1 is 1.00 bits per heavy atom. The van der Waals surface area contributed by atoms with Gasteiger partial charge in [0.25, 0.3) is 0 Å². The van der Waals surface area contributed by atoms with Gasteiger partial charge in [0.1, 0.15) is 5.25 Å². The van der Waals surface area contributed by atoms with Gasteiger partial charge >= 0.3 is 0 Å². The quantitative estimate of drug-likeness (QED) is 0.924. The summed E-state index contributed by atoms with van der Waals surface area (Å²) >= 11 is 0. The minimum atomic E-state index is -3.38. The highest BCUT2D eigenvalue weighted by atomic mass is 32.2. The van der Waals surface area contributed by atoms with Crippen LogP contribution < -0.4 is 5.73 Å². The Morgan fingerprint density at radius 2 is 1.58 bits per heavy atom. The summed E-state index contributed by atoms with van der Waals surface area (Å²) in [5.41, 5.74) is 5.71. The molecule has 2 aromatic carbocycles. The molecule has 0 aliphatic rings. The van der Waals surface area contributed by atoms with Crippen molar-refractivity contribution in [2.24, 2.45) is 0 Å². The predicted octanol–water partition coefficient (Wildman–Crippen LogP) is 1.75. The van der Waals surface area contributed by atoms with Crippen molar-refractivity contribution < 1.29 is 14.2 Å². The van der Waals surface area contributed by atoms with Crippen LogP contribution in [0.2, 0.25) is 0 Å². The first kappa shape index (κ1) is 13.8. The molecule has 0 heterocycles. The Balaban J connectivity index is 2.45. The maximum atomic E-state index is 12.6. The first-order valence-corrected chi connectivity index (χ1v) is 7.75. The van der Waals surface area contributed by atoms with Gasteiger partial charge in [-0.3, -0.25) is 0 Å². The van der Waals surface area contributed by atoms with Crippen LogP contribution in [0.25, 0.3) is 0 Å². The highest BCUT2D eigenvalue weighted by Crippen LogP contribution is 2.27. The maximum absolute atomic E-state index is 12.6. The normalized spacial score (nSPS) is 13.2. The Bertz CT molecular complexity index is 634. The third-order valence-electron chi connectivity index (χ3n) is 3.16. The van der Waals surface area contributed by atoms with Gasteiger partial charge in [-0.05, 0) is 24.6 Å². The lowest BCUT2D eigenvalue weighted by Gasteiger charge is -2.15. The minimum absolute atomic E-state index is 0.320. The fourth-order valence-electron chi connectivity index (χ4n) is 2.06. The first-order chi connectivity index (χ1) is 9.05. The van der Waals surface area contributed by atoms with Crippen LogP contribution in [0.3, 0.4) is 0 Å². The number of hydrogen-bond donors (Lipinski definition) is 1. The Labute approximate surface area is 114 Å². The van der Waals surface area contributed by atoms with Gasteiger partial charge in [-0.15, -0.1) is 0 Å². The van der Waals surface area contributed by atoms with Gasteiger partial charge in [0.05, 0.1) is 11.4 Å². The lowest BCUT2D eigenvalue weighted by atomic mass is 10.1. The number of hydrogen-bond acceptors (Lipinski definition) is 2. The van der Waals surface area contributed by atoms with Crippen molar-refractivity contribution in [2.75, 3.05) is 6.54 Å². The molecule has 3 nitrogen and oxygen atoms in total. The number of rotatable bonds is 4. The minimum Gasteiger partial charge on any atom is -0.356 e. The van der Waals surface area contributed by atoms with E-state index in [1.807, 2.05) is 37.3 Å². The Morgan fingerprint density at radius 3 is 2.11 bits per heavy atom. The lowest BCUT2D eigenvalue weighted by Crippen LogP contribution is -2.54. The molecule has 0 aliphatic carbocycles. The molecule has 0 amide bonds. The van der Waals surface area contributed by atoms with Crippen LogP contribution in [0, 0.1) is 6.92 Å². The second-order valence-electron chi connectivity index (χ2n) is 4.55. The van der Waals surface area contributed by atoms with Crippen molar-refractivity contribution in [3.63, 3.8) is 0 Å². The molecule has 0 unspecified atom stereocenters. The maximum Gasteiger partial charge on any atom is 0.190 e. The number of benzene rings is 2. The molecule has 3 N–H and O–H groups in total. The van der Waals surface area contributed by atoms with Crippen LogP contribution in [0.5, 0.6) is 0 Å². The van der Waals surface area contributed by atoms with Crippen molar-refractivity contribution in [2.45, 2.75) is 17.1 Å². The summed E-state index contributed by atoms with van der Waals surface area (Å²) in [4.78, 5) is 0.351. The summed E-state index contributed by atoms with van der Waals surface area (Å²) in [6, 6.07) is 16.1. The fraction of sp³-hybridized carbons (Fsp3) is 0.200. The molecule has 19 heavy (non-hydrogen) atoms. The first-order valence-electron chi connectivity index (χ1n) is 6.20. The van der Waals surface area contributed by atoms with Crippen LogP contribution >= 0.6 is 0 Å². The molecule has 0 fully saturated rings. The average molecular weight is 276 g/mol. The molecule has 0 aliphatic heterocycles. The van der Waals surface area contributed by atoms with Gasteiger partial charge in [-0.25, -0.2) is 8.42 Å². The second-order valence-corrected chi connectivity index (χ2v) is 6.68. The molecule has 0 radical (unpaired) electrons. The molecule has 0 spiro atoms. The van der Waals surface area contributed by atoms with E-state index in [1.165, 1.54) is 0 Å². The van der Waals surface area contributed by atoms with E-state index in [0.29, 0.717) is 11.4 Å². The largest absolute Gasteiger partial charge is 0.356 e. The molecule has 4 heteroatoms. The zero-order valence-electron chi connectivity index (χ0n) is 10.9.